The van der Waals surface area contributed by atoms with Crippen molar-refractivity contribution in [2.45, 2.75) is 38.1 Å². The van der Waals surface area contributed by atoms with E-state index < -0.39 is 0 Å². The van der Waals surface area contributed by atoms with Crippen molar-refractivity contribution in [2.24, 2.45) is 0 Å². The fraction of sp³-hybridized carbons (Fsp3) is 0.600. The molecule has 0 bridgehead atoms. The number of aliphatic hydroxyl groups excluding tert-OH is 1. The van der Waals surface area contributed by atoms with Crippen molar-refractivity contribution in [1.29, 1.82) is 0 Å². The summed E-state index contributed by atoms with van der Waals surface area (Å²) < 4.78 is 0. The Morgan fingerprint density at radius 1 is 1.12 bits per heavy atom. The first-order valence-electron chi connectivity index (χ1n) is 6.79. The molecule has 0 amide bonds. The van der Waals surface area contributed by atoms with E-state index in [2.05, 4.69) is 35.2 Å². The van der Waals surface area contributed by atoms with E-state index in [-0.39, 0.29) is 0 Å². The highest BCUT2D eigenvalue weighted by molar-refractivity contribution is 5.14. The monoisotopic (exact) mass is 233 g/mol. The molecule has 94 valence electrons. The largest absolute Gasteiger partial charge is 0.396 e. The molecule has 2 nitrogen and oxygen atoms in total. The second-order valence-corrected chi connectivity index (χ2v) is 4.93. The molecular weight excluding hydrogens is 210 g/mol. The molecule has 0 heterocycles. The van der Waals surface area contributed by atoms with E-state index in [4.69, 9.17) is 5.11 Å². The predicted molar refractivity (Wildman–Crippen MR) is 71.1 cm³/mol. The highest BCUT2D eigenvalue weighted by atomic mass is 16.3. The average Bonchev–Trinajstić information content (AvgIpc) is 2.31. The number of hydrogen-bond donors (Lipinski definition) is 1. The molecule has 0 aliphatic heterocycles. The SMILES string of the molecule is OCCCN(CCc1ccccc1)C1CCC1. The van der Waals surface area contributed by atoms with E-state index in [9.17, 15) is 0 Å². The van der Waals surface area contributed by atoms with Crippen LogP contribution in [0.2, 0.25) is 0 Å². The van der Waals surface area contributed by atoms with Crippen LogP contribution < -0.4 is 0 Å². The quantitative estimate of drug-likeness (QED) is 0.782. The van der Waals surface area contributed by atoms with Gasteiger partial charge in [0.25, 0.3) is 0 Å². The van der Waals surface area contributed by atoms with Crippen molar-refractivity contribution in [2.75, 3.05) is 19.7 Å². The number of nitrogens with zero attached hydrogens (tertiary/aromatic N) is 1. The third-order valence-electron chi connectivity index (χ3n) is 3.73. The zero-order valence-corrected chi connectivity index (χ0v) is 10.5. The summed E-state index contributed by atoms with van der Waals surface area (Å²) in [6.07, 6.45) is 6.11. The summed E-state index contributed by atoms with van der Waals surface area (Å²) >= 11 is 0. The Morgan fingerprint density at radius 3 is 2.47 bits per heavy atom. The summed E-state index contributed by atoms with van der Waals surface area (Å²) in [7, 11) is 0. The highest BCUT2D eigenvalue weighted by Gasteiger charge is 2.23. The molecule has 1 aliphatic rings. The first-order valence-corrected chi connectivity index (χ1v) is 6.79. The standard InChI is InChI=1S/C15H23NO/c17-13-5-11-16(15-8-4-9-15)12-10-14-6-2-1-3-7-14/h1-3,6-7,15,17H,4-5,8-13H2. The van der Waals surface area contributed by atoms with E-state index in [0.717, 1.165) is 32.0 Å². The van der Waals surface area contributed by atoms with Crippen molar-refractivity contribution in [1.82, 2.24) is 4.90 Å². The van der Waals surface area contributed by atoms with Crippen molar-refractivity contribution in [3.05, 3.63) is 35.9 Å². The topological polar surface area (TPSA) is 23.5 Å². The lowest BCUT2D eigenvalue weighted by Crippen LogP contribution is -2.42. The van der Waals surface area contributed by atoms with Gasteiger partial charge in [-0.3, -0.25) is 4.90 Å². The van der Waals surface area contributed by atoms with Crippen LogP contribution in [0.25, 0.3) is 0 Å². The molecule has 0 spiro atoms. The lowest BCUT2D eigenvalue weighted by Gasteiger charge is -2.37. The molecule has 1 aliphatic carbocycles. The van der Waals surface area contributed by atoms with Gasteiger partial charge in [-0.25, -0.2) is 0 Å². The maximum absolute atomic E-state index is 8.95. The molecule has 0 unspecified atom stereocenters. The maximum Gasteiger partial charge on any atom is 0.0443 e. The summed E-state index contributed by atoms with van der Waals surface area (Å²) in [4.78, 5) is 2.56. The molecule has 2 heteroatoms. The molecule has 0 saturated heterocycles. The van der Waals surface area contributed by atoms with Gasteiger partial charge in [0.2, 0.25) is 0 Å². The van der Waals surface area contributed by atoms with Gasteiger partial charge in [-0.15, -0.1) is 0 Å². The normalized spacial score (nSPS) is 16.1. The molecular formula is C15H23NO. The molecule has 1 saturated carbocycles. The zero-order chi connectivity index (χ0) is 11.9. The molecule has 1 N–H and O–H groups in total. The average molecular weight is 233 g/mol. The fourth-order valence-electron chi connectivity index (χ4n) is 2.42. The van der Waals surface area contributed by atoms with Gasteiger partial charge < -0.3 is 5.11 Å². The summed E-state index contributed by atoms with van der Waals surface area (Å²) in [6.45, 7) is 2.50. The van der Waals surface area contributed by atoms with Gasteiger partial charge in [-0.05, 0) is 31.2 Å². The van der Waals surface area contributed by atoms with E-state index >= 15 is 0 Å². The Labute approximate surface area is 104 Å². The summed E-state index contributed by atoms with van der Waals surface area (Å²) in [5.74, 6) is 0. The Kier molecular flexibility index (Phi) is 5.02. The molecule has 1 aromatic carbocycles. The number of rotatable bonds is 7. The van der Waals surface area contributed by atoms with E-state index in [0.29, 0.717) is 6.61 Å². The minimum atomic E-state index is 0.314. The lowest BCUT2D eigenvalue weighted by molar-refractivity contribution is 0.118. The molecule has 1 aromatic rings. The van der Waals surface area contributed by atoms with E-state index in [1.165, 1.54) is 24.8 Å². The summed E-state index contributed by atoms with van der Waals surface area (Å²) in [5, 5.41) is 8.95. The van der Waals surface area contributed by atoms with Gasteiger partial charge in [-0.1, -0.05) is 36.8 Å². The minimum Gasteiger partial charge on any atom is -0.396 e. The highest BCUT2D eigenvalue weighted by Crippen LogP contribution is 2.25. The molecule has 0 radical (unpaired) electrons. The predicted octanol–water partition coefficient (Wildman–Crippen LogP) is 2.47. The summed E-state index contributed by atoms with van der Waals surface area (Å²) in [5.41, 5.74) is 1.42. The second kappa shape index (κ2) is 6.77. The van der Waals surface area contributed by atoms with Gasteiger partial charge in [0, 0.05) is 25.7 Å². The smallest absolute Gasteiger partial charge is 0.0443 e. The molecule has 0 aromatic heterocycles. The van der Waals surface area contributed by atoms with Gasteiger partial charge in [0.15, 0.2) is 0 Å². The van der Waals surface area contributed by atoms with Gasteiger partial charge in [0.05, 0.1) is 0 Å². The Bertz CT molecular complexity index is 308. The first kappa shape index (κ1) is 12.6. The van der Waals surface area contributed by atoms with Crippen LogP contribution in [-0.4, -0.2) is 35.7 Å². The zero-order valence-electron chi connectivity index (χ0n) is 10.5. The molecule has 2 rings (SSSR count). The molecule has 1 fully saturated rings. The van der Waals surface area contributed by atoms with Crippen LogP contribution in [-0.2, 0) is 6.42 Å². The second-order valence-electron chi connectivity index (χ2n) is 4.93. The Balaban J connectivity index is 1.80. The van der Waals surface area contributed by atoms with Crippen LogP contribution in [0.15, 0.2) is 30.3 Å². The van der Waals surface area contributed by atoms with E-state index in [1.807, 2.05) is 0 Å². The Morgan fingerprint density at radius 2 is 1.88 bits per heavy atom. The maximum atomic E-state index is 8.95. The van der Waals surface area contributed by atoms with Gasteiger partial charge in [0.1, 0.15) is 0 Å². The number of hydrogen-bond acceptors (Lipinski definition) is 2. The van der Waals surface area contributed by atoms with Crippen LogP contribution in [0.1, 0.15) is 31.2 Å². The van der Waals surface area contributed by atoms with Crippen molar-refractivity contribution in [3.63, 3.8) is 0 Å². The number of aliphatic hydroxyl groups is 1. The van der Waals surface area contributed by atoms with Crippen LogP contribution in [0.5, 0.6) is 0 Å². The minimum absolute atomic E-state index is 0.314. The van der Waals surface area contributed by atoms with Crippen LogP contribution >= 0.6 is 0 Å². The first-order chi connectivity index (χ1) is 8.40. The van der Waals surface area contributed by atoms with Crippen LogP contribution in [0, 0.1) is 0 Å². The lowest BCUT2D eigenvalue weighted by atomic mass is 9.91. The van der Waals surface area contributed by atoms with Gasteiger partial charge in [-0.2, -0.15) is 0 Å². The third-order valence-corrected chi connectivity index (χ3v) is 3.73. The molecule has 17 heavy (non-hydrogen) atoms. The molecule has 0 atom stereocenters. The Hall–Kier alpha value is -0.860. The van der Waals surface area contributed by atoms with Crippen molar-refractivity contribution < 1.29 is 5.11 Å². The van der Waals surface area contributed by atoms with Crippen molar-refractivity contribution in [3.8, 4) is 0 Å². The van der Waals surface area contributed by atoms with Crippen molar-refractivity contribution >= 4 is 0 Å². The van der Waals surface area contributed by atoms with Gasteiger partial charge >= 0.3 is 0 Å². The van der Waals surface area contributed by atoms with Crippen LogP contribution in [0.3, 0.4) is 0 Å². The van der Waals surface area contributed by atoms with E-state index in [1.54, 1.807) is 0 Å². The fourth-order valence-corrected chi connectivity index (χ4v) is 2.42. The van der Waals surface area contributed by atoms with Crippen LogP contribution in [0.4, 0.5) is 0 Å². The number of benzene rings is 1. The third kappa shape index (κ3) is 3.83. The summed E-state index contributed by atoms with van der Waals surface area (Å²) in [6, 6.07) is 11.5.